The number of benzene rings is 1. The third kappa shape index (κ3) is 4.11. The van der Waals surface area contributed by atoms with Gasteiger partial charge in [0.25, 0.3) is 0 Å². The van der Waals surface area contributed by atoms with Gasteiger partial charge in [0.1, 0.15) is 5.75 Å². The van der Waals surface area contributed by atoms with Crippen molar-refractivity contribution in [1.29, 1.82) is 0 Å². The first-order valence-electron chi connectivity index (χ1n) is 10.7. The summed E-state index contributed by atoms with van der Waals surface area (Å²) in [7, 11) is 6.13. The van der Waals surface area contributed by atoms with E-state index in [0.717, 1.165) is 25.4 Å². The minimum absolute atomic E-state index is 0.519. The molecule has 1 aromatic carbocycles. The molecule has 2 heterocycles. The number of nitrogens with zero attached hydrogens (tertiary/aromatic N) is 3. The van der Waals surface area contributed by atoms with E-state index in [-0.39, 0.29) is 0 Å². The van der Waals surface area contributed by atoms with Gasteiger partial charge in [-0.1, -0.05) is 31.4 Å². The van der Waals surface area contributed by atoms with Gasteiger partial charge in [-0.2, -0.15) is 5.10 Å². The number of likely N-dealkylation sites (tertiary alicyclic amines) is 1. The van der Waals surface area contributed by atoms with Gasteiger partial charge in [0.2, 0.25) is 0 Å². The summed E-state index contributed by atoms with van der Waals surface area (Å²) in [6.45, 7) is 3.18. The van der Waals surface area contributed by atoms with Crippen molar-refractivity contribution in [2.45, 2.75) is 56.5 Å². The van der Waals surface area contributed by atoms with Crippen LogP contribution in [0.3, 0.4) is 0 Å². The minimum atomic E-state index is 0.519. The predicted octanol–water partition coefficient (Wildman–Crippen LogP) is 4.00. The fraction of sp³-hybridized carbons (Fsp3) is 0.609. The third-order valence-electron chi connectivity index (χ3n) is 6.73. The van der Waals surface area contributed by atoms with Crippen LogP contribution in [0, 0.1) is 0 Å². The summed E-state index contributed by atoms with van der Waals surface area (Å²) in [5.41, 5.74) is 4.20. The average Bonchev–Trinajstić information content (AvgIpc) is 3.36. The number of aromatic nitrogens is 2. The SMILES string of the molecule is COc1ccc([C@@H]2CN(Cc3cn[nH]c3C3CCCCC3)C[C@H]2N(C)C)cc1. The zero-order chi connectivity index (χ0) is 19.5. The number of methoxy groups -OCH3 is 1. The molecule has 2 aliphatic rings. The minimum Gasteiger partial charge on any atom is -0.497 e. The number of nitrogens with one attached hydrogen (secondary N) is 1. The molecule has 2 fully saturated rings. The molecule has 1 N–H and O–H groups in total. The Labute approximate surface area is 169 Å². The van der Waals surface area contributed by atoms with Crippen molar-refractivity contribution in [2.75, 3.05) is 34.3 Å². The lowest BCUT2D eigenvalue weighted by molar-refractivity contribution is 0.259. The first-order valence-corrected chi connectivity index (χ1v) is 10.7. The summed E-state index contributed by atoms with van der Waals surface area (Å²) in [5, 5.41) is 7.75. The Morgan fingerprint density at radius 3 is 2.54 bits per heavy atom. The molecule has 1 aromatic heterocycles. The van der Waals surface area contributed by atoms with E-state index in [9.17, 15) is 0 Å². The van der Waals surface area contributed by atoms with Crippen molar-refractivity contribution < 1.29 is 4.74 Å². The van der Waals surface area contributed by atoms with Crippen molar-refractivity contribution in [2.24, 2.45) is 0 Å². The third-order valence-corrected chi connectivity index (χ3v) is 6.73. The Bertz CT molecular complexity index is 748. The molecule has 152 valence electrons. The Morgan fingerprint density at radius 1 is 1.11 bits per heavy atom. The molecule has 1 saturated heterocycles. The van der Waals surface area contributed by atoms with Crippen LogP contribution in [-0.2, 0) is 6.54 Å². The molecule has 0 radical (unpaired) electrons. The van der Waals surface area contributed by atoms with Crippen molar-refractivity contribution in [1.82, 2.24) is 20.0 Å². The largest absolute Gasteiger partial charge is 0.497 e. The summed E-state index contributed by atoms with van der Waals surface area (Å²) < 4.78 is 5.34. The Morgan fingerprint density at radius 2 is 1.86 bits per heavy atom. The first kappa shape index (κ1) is 19.5. The zero-order valence-electron chi connectivity index (χ0n) is 17.5. The van der Waals surface area contributed by atoms with Crippen molar-refractivity contribution in [3.05, 3.63) is 47.3 Å². The van der Waals surface area contributed by atoms with E-state index >= 15 is 0 Å². The second kappa shape index (κ2) is 8.66. The van der Waals surface area contributed by atoms with E-state index in [2.05, 4.69) is 64.6 Å². The fourth-order valence-corrected chi connectivity index (χ4v) is 5.13. The van der Waals surface area contributed by atoms with E-state index < -0.39 is 0 Å². The van der Waals surface area contributed by atoms with E-state index in [1.54, 1.807) is 7.11 Å². The standard InChI is InChI=1S/C23H34N4O/c1-26(2)22-16-27(15-21(22)17-9-11-20(28-3)12-10-17)14-19-13-24-25-23(19)18-7-5-4-6-8-18/h9-13,18,21-22H,4-8,14-16H2,1-3H3,(H,24,25)/t21-,22+/m0/s1. The Balaban J connectivity index is 1.48. The van der Waals surface area contributed by atoms with Crippen LogP contribution in [0.15, 0.2) is 30.5 Å². The normalized spacial score (nSPS) is 24.1. The topological polar surface area (TPSA) is 44.4 Å². The molecule has 0 bridgehead atoms. The number of likely N-dealkylation sites (N-methyl/N-ethyl adjacent to an activating group) is 1. The van der Waals surface area contributed by atoms with Gasteiger partial charge in [-0.25, -0.2) is 0 Å². The van der Waals surface area contributed by atoms with Crippen LogP contribution in [-0.4, -0.2) is 60.3 Å². The molecule has 0 unspecified atom stereocenters. The molecule has 5 heteroatoms. The summed E-state index contributed by atoms with van der Waals surface area (Å²) in [6, 6.07) is 9.16. The summed E-state index contributed by atoms with van der Waals surface area (Å²) in [4.78, 5) is 4.99. The highest BCUT2D eigenvalue weighted by Crippen LogP contribution is 2.35. The first-order chi connectivity index (χ1) is 13.7. The Hall–Kier alpha value is -1.85. The van der Waals surface area contributed by atoms with Crippen molar-refractivity contribution >= 4 is 0 Å². The maximum atomic E-state index is 5.34. The van der Waals surface area contributed by atoms with Gasteiger partial charge in [0.15, 0.2) is 0 Å². The molecule has 1 saturated carbocycles. The van der Waals surface area contributed by atoms with Crippen LogP contribution < -0.4 is 4.74 Å². The second-order valence-corrected chi connectivity index (χ2v) is 8.75. The van der Waals surface area contributed by atoms with Crippen LogP contribution in [0.1, 0.15) is 60.8 Å². The monoisotopic (exact) mass is 382 g/mol. The van der Waals surface area contributed by atoms with Gasteiger partial charge in [-0.05, 0) is 44.6 Å². The van der Waals surface area contributed by atoms with E-state index in [4.69, 9.17) is 4.74 Å². The predicted molar refractivity (Wildman–Crippen MR) is 113 cm³/mol. The maximum Gasteiger partial charge on any atom is 0.118 e. The van der Waals surface area contributed by atoms with Gasteiger partial charge >= 0.3 is 0 Å². The number of hydrogen-bond acceptors (Lipinski definition) is 4. The summed E-state index contributed by atoms with van der Waals surface area (Å²) in [5.74, 6) is 2.12. The van der Waals surface area contributed by atoms with E-state index in [1.807, 2.05) is 0 Å². The molecule has 1 aliphatic heterocycles. The molecule has 2 atom stereocenters. The Kier molecular flexibility index (Phi) is 6.02. The smallest absolute Gasteiger partial charge is 0.118 e. The lowest BCUT2D eigenvalue weighted by Gasteiger charge is -2.25. The quantitative estimate of drug-likeness (QED) is 0.820. The molecule has 0 spiro atoms. The highest BCUT2D eigenvalue weighted by molar-refractivity contribution is 5.31. The zero-order valence-corrected chi connectivity index (χ0v) is 17.5. The van der Waals surface area contributed by atoms with Crippen LogP contribution >= 0.6 is 0 Å². The maximum absolute atomic E-state index is 5.34. The van der Waals surface area contributed by atoms with Gasteiger partial charge in [0, 0.05) is 48.8 Å². The van der Waals surface area contributed by atoms with E-state index in [1.165, 1.54) is 48.9 Å². The summed E-state index contributed by atoms with van der Waals surface area (Å²) >= 11 is 0. The van der Waals surface area contributed by atoms with Gasteiger partial charge in [-0.15, -0.1) is 0 Å². The highest BCUT2D eigenvalue weighted by atomic mass is 16.5. The van der Waals surface area contributed by atoms with E-state index in [0.29, 0.717) is 17.9 Å². The molecule has 4 rings (SSSR count). The molecule has 0 amide bonds. The molecule has 2 aromatic rings. The lowest BCUT2D eigenvalue weighted by atomic mass is 9.85. The average molecular weight is 383 g/mol. The molecular weight excluding hydrogens is 348 g/mol. The number of H-pyrrole nitrogens is 1. The van der Waals surface area contributed by atoms with Gasteiger partial charge in [0.05, 0.1) is 13.3 Å². The van der Waals surface area contributed by atoms with Crippen LogP contribution in [0.2, 0.25) is 0 Å². The molecule has 5 nitrogen and oxygen atoms in total. The van der Waals surface area contributed by atoms with Gasteiger partial charge in [-0.3, -0.25) is 10.00 Å². The van der Waals surface area contributed by atoms with Crippen molar-refractivity contribution in [3.63, 3.8) is 0 Å². The number of aromatic amines is 1. The highest BCUT2D eigenvalue weighted by Gasteiger charge is 2.35. The number of hydrogen-bond donors (Lipinski definition) is 1. The van der Waals surface area contributed by atoms with Crippen molar-refractivity contribution in [3.8, 4) is 5.75 Å². The van der Waals surface area contributed by atoms with Crippen LogP contribution in [0.5, 0.6) is 5.75 Å². The number of ether oxygens (including phenoxy) is 1. The molecule has 28 heavy (non-hydrogen) atoms. The lowest BCUT2D eigenvalue weighted by Crippen LogP contribution is -2.34. The van der Waals surface area contributed by atoms with Crippen LogP contribution in [0.4, 0.5) is 0 Å². The fourth-order valence-electron chi connectivity index (χ4n) is 5.13. The second-order valence-electron chi connectivity index (χ2n) is 8.75. The van der Waals surface area contributed by atoms with Gasteiger partial charge < -0.3 is 9.64 Å². The summed E-state index contributed by atoms with van der Waals surface area (Å²) in [6.07, 6.45) is 8.79. The number of rotatable bonds is 6. The molecular formula is C23H34N4O. The van der Waals surface area contributed by atoms with Crippen LogP contribution in [0.25, 0.3) is 0 Å². The molecule has 1 aliphatic carbocycles.